The Hall–Kier alpha value is -1.38. The third kappa shape index (κ3) is 7.00. The lowest BCUT2D eigenvalue weighted by Crippen LogP contribution is -1.98. The fourth-order valence-electron chi connectivity index (χ4n) is 0.681. The van der Waals surface area contributed by atoms with Crippen LogP contribution in [0.3, 0.4) is 0 Å². The molecule has 3 heteroatoms. The van der Waals surface area contributed by atoms with Crippen LogP contribution < -0.4 is 0 Å². The van der Waals surface area contributed by atoms with Gasteiger partial charge in [0.25, 0.3) is 0 Å². The molecule has 0 N–H and O–H groups in total. The molecule has 0 saturated heterocycles. The van der Waals surface area contributed by atoms with Crippen LogP contribution in [0.2, 0.25) is 0 Å². The Morgan fingerprint density at radius 2 is 2.15 bits per heavy atom. The third-order valence-corrected chi connectivity index (χ3v) is 1.26. The molecule has 72 valence electrons. The van der Waals surface area contributed by atoms with Crippen molar-refractivity contribution in [3.8, 4) is 0 Å². The van der Waals surface area contributed by atoms with Crippen LogP contribution in [0.1, 0.15) is 26.2 Å². The van der Waals surface area contributed by atoms with E-state index in [1.54, 1.807) is 0 Å². The van der Waals surface area contributed by atoms with Crippen molar-refractivity contribution in [2.45, 2.75) is 26.2 Å². The normalized spacial score (nSPS) is 9.92. The zero-order valence-corrected chi connectivity index (χ0v) is 7.79. The van der Waals surface area contributed by atoms with E-state index in [1.807, 2.05) is 6.92 Å². The van der Waals surface area contributed by atoms with E-state index in [4.69, 9.17) is 0 Å². The van der Waals surface area contributed by atoms with Gasteiger partial charge >= 0.3 is 5.97 Å². The van der Waals surface area contributed by atoms with Gasteiger partial charge < -0.3 is 4.74 Å². The lowest BCUT2D eigenvalue weighted by molar-refractivity contribution is -0.137. The zero-order valence-electron chi connectivity index (χ0n) is 7.79. The van der Waals surface area contributed by atoms with Crippen molar-refractivity contribution in [2.24, 2.45) is 0 Å². The topological polar surface area (TPSA) is 43.4 Å². The van der Waals surface area contributed by atoms with Gasteiger partial charge in [0.1, 0.15) is 0 Å². The quantitative estimate of drug-likeness (QED) is 0.273. The van der Waals surface area contributed by atoms with Crippen LogP contribution in [0.5, 0.6) is 0 Å². The minimum absolute atomic E-state index is 0.0334. The van der Waals surface area contributed by atoms with Gasteiger partial charge in [0.05, 0.1) is 12.7 Å². The first-order valence-corrected chi connectivity index (χ1v) is 4.20. The fraction of sp³-hybridized carbons (Fsp3) is 0.400. The van der Waals surface area contributed by atoms with Gasteiger partial charge in [-0.25, -0.2) is 0 Å². The number of hydrogen-bond donors (Lipinski definition) is 0. The van der Waals surface area contributed by atoms with Crippen LogP contribution in [-0.4, -0.2) is 11.8 Å². The maximum atomic E-state index is 10.9. The van der Waals surface area contributed by atoms with Crippen molar-refractivity contribution < 1.29 is 14.3 Å². The molecule has 3 nitrogen and oxygen atoms in total. The molecule has 0 radical (unpaired) electrons. The van der Waals surface area contributed by atoms with E-state index in [9.17, 15) is 9.59 Å². The van der Waals surface area contributed by atoms with Crippen LogP contribution in [0.4, 0.5) is 0 Å². The van der Waals surface area contributed by atoms with E-state index < -0.39 is 5.97 Å². The van der Waals surface area contributed by atoms with Crippen molar-refractivity contribution in [2.75, 3.05) is 0 Å². The molecule has 0 aliphatic carbocycles. The van der Waals surface area contributed by atoms with E-state index >= 15 is 0 Å². The van der Waals surface area contributed by atoms with Crippen LogP contribution in [-0.2, 0) is 14.3 Å². The molecule has 0 aromatic rings. The van der Waals surface area contributed by atoms with Crippen LogP contribution in [0, 0.1) is 0 Å². The van der Waals surface area contributed by atoms with Gasteiger partial charge in [0.15, 0.2) is 5.78 Å². The second-order valence-electron chi connectivity index (χ2n) is 2.50. The molecule has 0 unspecified atom stereocenters. The van der Waals surface area contributed by atoms with Gasteiger partial charge in [0.2, 0.25) is 0 Å². The van der Waals surface area contributed by atoms with E-state index in [1.165, 1.54) is 12.2 Å². The molecule has 0 aliphatic heterocycles. The number of ketones is 1. The number of allylic oxidation sites excluding steroid dienone is 1. The molecular weight excluding hydrogens is 168 g/mol. The second kappa shape index (κ2) is 7.28. The zero-order chi connectivity index (χ0) is 10.1. The van der Waals surface area contributed by atoms with Crippen LogP contribution in [0.15, 0.2) is 25.0 Å². The standard InChI is InChI=1S/C10H14O3/c1-3-5-9(11)7-8-13-10(12)6-4-2/h4,7-8H,2-3,5-6H2,1H3. The highest BCUT2D eigenvalue weighted by molar-refractivity contribution is 5.89. The first-order chi connectivity index (χ1) is 6.20. The Kier molecular flexibility index (Phi) is 6.51. The van der Waals surface area contributed by atoms with Gasteiger partial charge in [-0.1, -0.05) is 13.0 Å². The maximum Gasteiger partial charge on any atom is 0.314 e. The number of esters is 1. The van der Waals surface area contributed by atoms with E-state index in [2.05, 4.69) is 11.3 Å². The molecule has 13 heavy (non-hydrogen) atoms. The maximum absolute atomic E-state index is 10.9. The summed E-state index contributed by atoms with van der Waals surface area (Å²) in [5.41, 5.74) is 0. The summed E-state index contributed by atoms with van der Waals surface area (Å²) in [6, 6.07) is 0. The highest BCUT2D eigenvalue weighted by Gasteiger charge is 1.96. The van der Waals surface area contributed by atoms with Crippen molar-refractivity contribution in [1.29, 1.82) is 0 Å². The average Bonchev–Trinajstić information content (AvgIpc) is 2.05. The number of carbonyl (C=O) groups excluding carboxylic acids is 2. The molecule has 0 aromatic heterocycles. The minimum Gasteiger partial charge on any atom is -0.434 e. The lowest BCUT2D eigenvalue weighted by atomic mass is 10.2. The van der Waals surface area contributed by atoms with Crippen LogP contribution in [0.25, 0.3) is 0 Å². The van der Waals surface area contributed by atoms with Gasteiger partial charge in [-0.15, -0.1) is 6.58 Å². The molecule has 0 spiro atoms. The Morgan fingerprint density at radius 3 is 2.69 bits per heavy atom. The predicted octanol–water partition coefficient (Wildman–Crippen LogP) is 1.99. The summed E-state index contributed by atoms with van der Waals surface area (Å²) < 4.78 is 4.59. The van der Waals surface area contributed by atoms with Gasteiger partial charge in [-0.3, -0.25) is 9.59 Å². The summed E-state index contributed by atoms with van der Waals surface area (Å²) in [6.07, 6.45) is 5.28. The Balaban J connectivity index is 3.67. The molecule has 0 bridgehead atoms. The monoisotopic (exact) mass is 182 g/mol. The van der Waals surface area contributed by atoms with Crippen LogP contribution >= 0.6 is 0 Å². The molecule has 0 rings (SSSR count). The van der Waals surface area contributed by atoms with Gasteiger partial charge in [-0.05, 0) is 6.42 Å². The van der Waals surface area contributed by atoms with E-state index in [0.29, 0.717) is 6.42 Å². The minimum atomic E-state index is -0.407. The van der Waals surface area contributed by atoms with Crippen molar-refractivity contribution in [3.05, 3.63) is 25.0 Å². The molecule has 0 atom stereocenters. The van der Waals surface area contributed by atoms with Gasteiger partial charge in [-0.2, -0.15) is 0 Å². The summed E-state index contributed by atoms with van der Waals surface area (Å²) in [6.45, 7) is 5.29. The lowest BCUT2D eigenvalue weighted by Gasteiger charge is -1.93. The third-order valence-electron chi connectivity index (χ3n) is 1.26. The number of carbonyl (C=O) groups is 2. The fourth-order valence-corrected chi connectivity index (χ4v) is 0.681. The largest absolute Gasteiger partial charge is 0.434 e. The Morgan fingerprint density at radius 1 is 1.46 bits per heavy atom. The molecule has 0 fully saturated rings. The molecule has 0 heterocycles. The highest BCUT2D eigenvalue weighted by atomic mass is 16.5. The number of rotatable bonds is 6. The SMILES string of the molecule is C=CCC(=O)OC=CC(=O)CCC. The predicted molar refractivity (Wildman–Crippen MR) is 50.0 cm³/mol. The summed E-state index contributed by atoms with van der Waals surface area (Å²) in [5.74, 6) is -0.440. The Labute approximate surface area is 78.1 Å². The summed E-state index contributed by atoms with van der Waals surface area (Å²) in [5, 5.41) is 0. The van der Waals surface area contributed by atoms with Gasteiger partial charge in [0, 0.05) is 12.5 Å². The van der Waals surface area contributed by atoms with Crippen molar-refractivity contribution in [3.63, 3.8) is 0 Å². The number of ether oxygens (including phenoxy) is 1. The summed E-state index contributed by atoms with van der Waals surface area (Å²) in [4.78, 5) is 21.6. The summed E-state index contributed by atoms with van der Waals surface area (Å²) in [7, 11) is 0. The highest BCUT2D eigenvalue weighted by Crippen LogP contribution is 1.92. The smallest absolute Gasteiger partial charge is 0.314 e. The van der Waals surface area contributed by atoms with Crippen molar-refractivity contribution in [1.82, 2.24) is 0 Å². The van der Waals surface area contributed by atoms with E-state index in [-0.39, 0.29) is 12.2 Å². The average molecular weight is 182 g/mol. The van der Waals surface area contributed by atoms with E-state index in [0.717, 1.165) is 12.7 Å². The molecule has 0 saturated carbocycles. The first kappa shape index (κ1) is 11.6. The molecule has 0 amide bonds. The molecular formula is C10H14O3. The molecule has 0 aliphatic rings. The number of hydrogen-bond acceptors (Lipinski definition) is 3. The first-order valence-electron chi connectivity index (χ1n) is 4.20. The molecule has 0 aromatic carbocycles. The second-order valence-corrected chi connectivity index (χ2v) is 2.50. The summed E-state index contributed by atoms with van der Waals surface area (Å²) >= 11 is 0. The Bertz CT molecular complexity index is 216. The van der Waals surface area contributed by atoms with Crippen molar-refractivity contribution >= 4 is 11.8 Å².